The summed E-state index contributed by atoms with van der Waals surface area (Å²) in [4.78, 5) is 50.8. The third-order valence-electron chi connectivity index (χ3n) is 6.51. The standard InChI is InChI=1S/C27H24N4O7S/c1-17-8-12-20(13-9-17)39(35,36)30-23-14-18(10-11-19(23)16-28-30)15-24(27(34)31(37-2)38-3)29-25(32)21-6-4-5-7-22(21)26(29)33/h4-14,16,24H,15H2,1-3H3. The van der Waals surface area contributed by atoms with Crippen LogP contribution in [0.4, 0.5) is 0 Å². The average Bonchev–Trinajstić information content (AvgIpc) is 3.47. The highest BCUT2D eigenvalue weighted by Crippen LogP contribution is 2.28. The maximum absolute atomic E-state index is 13.4. The molecule has 5 rings (SSSR count). The van der Waals surface area contributed by atoms with Crippen molar-refractivity contribution >= 4 is 38.6 Å². The predicted molar refractivity (Wildman–Crippen MR) is 139 cm³/mol. The molecule has 200 valence electrons. The topological polar surface area (TPSA) is 128 Å². The number of carbonyl (C=O) groups excluding carboxylic acids is 3. The zero-order chi connectivity index (χ0) is 27.9. The van der Waals surface area contributed by atoms with Crippen LogP contribution in [-0.4, -0.2) is 65.7 Å². The number of hydrogen-bond donors (Lipinski definition) is 0. The van der Waals surface area contributed by atoms with E-state index in [0.29, 0.717) is 16.2 Å². The quantitative estimate of drug-likeness (QED) is 0.243. The summed E-state index contributed by atoms with van der Waals surface area (Å²) in [7, 11) is -1.60. The largest absolute Gasteiger partial charge is 0.296 e. The molecule has 0 saturated carbocycles. The van der Waals surface area contributed by atoms with Crippen LogP contribution in [0.5, 0.6) is 0 Å². The van der Waals surface area contributed by atoms with Crippen LogP contribution in [0.1, 0.15) is 31.8 Å². The third kappa shape index (κ3) is 4.48. The second-order valence-corrected chi connectivity index (χ2v) is 10.7. The van der Waals surface area contributed by atoms with Crippen molar-refractivity contribution in [3.63, 3.8) is 0 Å². The fraction of sp³-hybridized carbons (Fsp3) is 0.185. The lowest BCUT2D eigenvalue weighted by Gasteiger charge is -2.28. The van der Waals surface area contributed by atoms with Crippen molar-refractivity contribution in [1.82, 2.24) is 19.3 Å². The Hall–Kier alpha value is -4.39. The van der Waals surface area contributed by atoms with Crippen molar-refractivity contribution in [2.24, 2.45) is 0 Å². The van der Waals surface area contributed by atoms with Crippen LogP contribution in [0.2, 0.25) is 0 Å². The molecule has 1 aliphatic heterocycles. The second kappa shape index (κ2) is 10.1. The lowest BCUT2D eigenvalue weighted by Crippen LogP contribution is -2.51. The Balaban J connectivity index is 1.56. The fourth-order valence-electron chi connectivity index (χ4n) is 4.55. The number of aromatic nitrogens is 2. The molecule has 1 aromatic heterocycles. The highest BCUT2D eigenvalue weighted by Gasteiger charge is 2.44. The van der Waals surface area contributed by atoms with E-state index in [9.17, 15) is 22.8 Å². The molecule has 12 heteroatoms. The van der Waals surface area contributed by atoms with Crippen LogP contribution in [0, 0.1) is 6.92 Å². The maximum Gasteiger partial charge on any atom is 0.296 e. The predicted octanol–water partition coefficient (Wildman–Crippen LogP) is 2.74. The molecule has 3 amide bonds. The second-order valence-electron chi connectivity index (χ2n) is 8.91. The van der Waals surface area contributed by atoms with Crippen LogP contribution in [0.15, 0.2) is 77.8 Å². The molecule has 39 heavy (non-hydrogen) atoms. The van der Waals surface area contributed by atoms with Gasteiger partial charge in [-0.2, -0.15) is 17.6 Å². The fourth-order valence-corrected chi connectivity index (χ4v) is 5.82. The number of benzene rings is 3. The van der Waals surface area contributed by atoms with Gasteiger partial charge in [-0.3, -0.25) is 19.3 Å². The lowest BCUT2D eigenvalue weighted by molar-refractivity contribution is -0.319. The van der Waals surface area contributed by atoms with E-state index in [4.69, 9.17) is 9.68 Å². The van der Waals surface area contributed by atoms with E-state index in [2.05, 4.69) is 5.10 Å². The Kier molecular flexibility index (Phi) is 6.76. The molecule has 0 aliphatic carbocycles. The molecule has 1 atom stereocenters. The van der Waals surface area contributed by atoms with Crippen LogP contribution >= 0.6 is 0 Å². The van der Waals surface area contributed by atoms with Gasteiger partial charge in [0.1, 0.15) is 6.04 Å². The van der Waals surface area contributed by atoms with Gasteiger partial charge >= 0.3 is 0 Å². The number of nitrogens with zero attached hydrogens (tertiary/aromatic N) is 4. The lowest BCUT2D eigenvalue weighted by atomic mass is 10.0. The van der Waals surface area contributed by atoms with Gasteiger partial charge < -0.3 is 0 Å². The van der Waals surface area contributed by atoms with Gasteiger partial charge in [-0.15, -0.1) is 0 Å². The third-order valence-corrected chi connectivity index (χ3v) is 8.13. The van der Waals surface area contributed by atoms with E-state index < -0.39 is 33.8 Å². The minimum absolute atomic E-state index is 0.0680. The van der Waals surface area contributed by atoms with Crippen LogP contribution in [0.25, 0.3) is 10.9 Å². The molecule has 0 spiro atoms. The molecule has 0 fully saturated rings. The normalized spacial score (nSPS) is 14.1. The number of hydrogen-bond acceptors (Lipinski definition) is 8. The molecule has 0 bridgehead atoms. The monoisotopic (exact) mass is 548 g/mol. The van der Waals surface area contributed by atoms with Gasteiger partial charge in [0, 0.05) is 11.8 Å². The summed E-state index contributed by atoms with van der Waals surface area (Å²) in [5, 5.41) is 5.23. The number of imide groups is 1. The van der Waals surface area contributed by atoms with Crippen molar-refractivity contribution in [2.75, 3.05) is 14.2 Å². The Labute approximate surface area is 224 Å². The molecule has 0 saturated heterocycles. The molecule has 1 aliphatic rings. The highest BCUT2D eigenvalue weighted by molar-refractivity contribution is 7.90. The van der Waals surface area contributed by atoms with Crippen molar-refractivity contribution in [3.8, 4) is 0 Å². The smallest absolute Gasteiger partial charge is 0.269 e. The molecule has 3 aromatic carbocycles. The number of fused-ring (bicyclic) bond motifs is 2. The number of carbonyl (C=O) groups is 3. The SMILES string of the molecule is CON(OC)C(=O)C(Cc1ccc2cnn(S(=O)(=O)c3ccc(C)cc3)c2c1)N1C(=O)c2ccccc2C1=O. The summed E-state index contributed by atoms with van der Waals surface area (Å²) < 4.78 is 27.6. The first-order chi connectivity index (χ1) is 18.7. The Morgan fingerprint density at radius 1 is 0.949 bits per heavy atom. The first-order valence-electron chi connectivity index (χ1n) is 11.9. The van der Waals surface area contributed by atoms with E-state index in [-0.39, 0.29) is 28.0 Å². The van der Waals surface area contributed by atoms with Crippen molar-refractivity contribution < 1.29 is 32.5 Å². The maximum atomic E-state index is 13.4. The molecule has 4 aromatic rings. The molecule has 0 N–H and O–H groups in total. The van der Waals surface area contributed by atoms with Crippen LogP contribution in [-0.2, 0) is 30.9 Å². The molecule has 1 unspecified atom stereocenters. The van der Waals surface area contributed by atoms with Crippen molar-refractivity contribution in [1.29, 1.82) is 0 Å². The van der Waals surface area contributed by atoms with Crippen molar-refractivity contribution in [3.05, 3.63) is 95.2 Å². The average molecular weight is 549 g/mol. The number of hydroxylamine groups is 2. The molecule has 0 radical (unpaired) electrons. The van der Waals surface area contributed by atoms with Gasteiger partial charge in [0.15, 0.2) is 0 Å². The summed E-state index contributed by atoms with van der Waals surface area (Å²) >= 11 is 0. The minimum Gasteiger partial charge on any atom is -0.269 e. The van der Waals surface area contributed by atoms with Gasteiger partial charge in [-0.1, -0.05) is 47.2 Å². The Morgan fingerprint density at radius 2 is 1.56 bits per heavy atom. The van der Waals surface area contributed by atoms with E-state index in [1.54, 1.807) is 42.5 Å². The van der Waals surface area contributed by atoms with Gasteiger partial charge in [0.2, 0.25) is 0 Å². The van der Waals surface area contributed by atoms with Gasteiger partial charge in [-0.05, 0) is 42.8 Å². The molecule has 11 nitrogen and oxygen atoms in total. The summed E-state index contributed by atoms with van der Waals surface area (Å²) in [6, 6.07) is 16.2. The van der Waals surface area contributed by atoms with E-state index >= 15 is 0 Å². The Morgan fingerprint density at radius 3 is 2.15 bits per heavy atom. The first kappa shape index (κ1) is 26.2. The van der Waals surface area contributed by atoms with Crippen LogP contribution in [0.3, 0.4) is 0 Å². The molecular formula is C27H24N4O7S. The molecule has 2 heterocycles. The number of rotatable bonds is 8. The number of amides is 3. The summed E-state index contributed by atoms with van der Waals surface area (Å²) in [5.41, 5.74) is 2.02. The minimum atomic E-state index is -4.02. The summed E-state index contributed by atoms with van der Waals surface area (Å²) in [5.74, 6) is -2.06. The van der Waals surface area contributed by atoms with Crippen molar-refractivity contribution in [2.45, 2.75) is 24.3 Å². The molecular weight excluding hydrogens is 524 g/mol. The summed E-state index contributed by atoms with van der Waals surface area (Å²) in [6.45, 7) is 1.85. The first-order valence-corrected chi connectivity index (χ1v) is 13.3. The van der Waals surface area contributed by atoms with Gasteiger partial charge in [0.25, 0.3) is 27.7 Å². The van der Waals surface area contributed by atoms with Gasteiger partial charge in [-0.25, -0.2) is 9.68 Å². The zero-order valence-corrected chi connectivity index (χ0v) is 22.1. The van der Waals surface area contributed by atoms with E-state index in [0.717, 1.165) is 14.6 Å². The van der Waals surface area contributed by atoms with Gasteiger partial charge in [0.05, 0.1) is 42.0 Å². The van der Waals surface area contributed by atoms with E-state index in [1.165, 1.54) is 44.7 Å². The van der Waals surface area contributed by atoms with Crippen LogP contribution < -0.4 is 0 Å². The highest BCUT2D eigenvalue weighted by atomic mass is 32.2. The number of aryl methyl sites for hydroxylation is 1. The van der Waals surface area contributed by atoms with E-state index in [1.807, 2.05) is 6.92 Å². The zero-order valence-electron chi connectivity index (χ0n) is 21.3. The Bertz CT molecular complexity index is 1670. The summed E-state index contributed by atoms with van der Waals surface area (Å²) in [6.07, 6.45) is 1.29.